The molecule has 1 aliphatic carbocycles. The summed E-state index contributed by atoms with van der Waals surface area (Å²) in [7, 11) is 0. The zero-order valence-electron chi connectivity index (χ0n) is 12.3. The molecule has 2 aromatic carbocycles. The van der Waals surface area contributed by atoms with Crippen LogP contribution >= 0.6 is 0 Å². The molecule has 1 N–H and O–H groups in total. The number of carbonyl (C=O) groups is 1. The standard InChI is InChI=1S/C19H20O2/c1-14-5-4-6-15(11-14)12-19(18(20)21)10-9-16-7-2-3-8-17(16)13-19/h2-8,11H,9-10,12-13H2,1H3,(H,20,21). The molecule has 0 radical (unpaired) electrons. The van der Waals surface area contributed by atoms with Crippen LogP contribution in [0.3, 0.4) is 0 Å². The second kappa shape index (κ2) is 5.36. The molecule has 1 unspecified atom stereocenters. The quantitative estimate of drug-likeness (QED) is 0.928. The molecule has 108 valence electrons. The van der Waals surface area contributed by atoms with E-state index in [1.165, 1.54) is 16.7 Å². The van der Waals surface area contributed by atoms with Crippen LogP contribution in [0.25, 0.3) is 0 Å². The van der Waals surface area contributed by atoms with Crippen LogP contribution in [-0.2, 0) is 24.1 Å². The lowest BCUT2D eigenvalue weighted by atomic mass is 9.68. The molecule has 3 rings (SSSR count). The van der Waals surface area contributed by atoms with Crippen LogP contribution in [0.4, 0.5) is 0 Å². The molecule has 2 heteroatoms. The molecule has 0 amide bonds. The summed E-state index contributed by atoms with van der Waals surface area (Å²) in [6.07, 6.45) is 2.81. The number of fused-ring (bicyclic) bond motifs is 1. The number of carboxylic acids is 1. The summed E-state index contributed by atoms with van der Waals surface area (Å²) in [4.78, 5) is 12.0. The van der Waals surface area contributed by atoms with Crippen molar-refractivity contribution in [1.82, 2.24) is 0 Å². The van der Waals surface area contributed by atoms with Crippen LogP contribution in [0.15, 0.2) is 48.5 Å². The van der Waals surface area contributed by atoms with Crippen molar-refractivity contribution >= 4 is 5.97 Å². The molecule has 0 saturated carbocycles. The third-order valence-corrected chi connectivity index (χ3v) is 4.60. The predicted molar refractivity (Wildman–Crippen MR) is 83.4 cm³/mol. The Hall–Kier alpha value is -2.09. The van der Waals surface area contributed by atoms with Gasteiger partial charge in [0.15, 0.2) is 0 Å². The fraction of sp³-hybridized carbons (Fsp3) is 0.316. The second-order valence-electron chi connectivity index (χ2n) is 6.20. The van der Waals surface area contributed by atoms with Gasteiger partial charge in [0.05, 0.1) is 5.41 Å². The van der Waals surface area contributed by atoms with Gasteiger partial charge >= 0.3 is 5.97 Å². The van der Waals surface area contributed by atoms with Crippen molar-refractivity contribution in [2.24, 2.45) is 5.41 Å². The average Bonchev–Trinajstić information content (AvgIpc) is 2.47. The van der Waals surface area contributed by atoms with Crippen LogP contribution < -0.4 is 0 Å². The van der Waals surface area contributed by atoms with Gasteiger partial charge in [0, 0.05) is 0 Å². The van der Waals surface area contributed by atoms with Crippen molar-refractivity contribution in [3.05, 3.63) is 70.8 Å². The number of aliphatic carboxylic acids is 1. The molecule has 2 aromatic rings. The molecule has 1 atom stereocenters. The lowest BCUT2D eigenvalue weighted by Crippen LogP contribution is -2.39. The highest BCUT2D eigenvalue weighted by atomic mass is 16.4. The van der Waals surface area contributed by atoms with E-state index >= 15 is 0 Å². The van der Waals surface area contributed by atoms with Crippen LogP contribution in [-0.4, -0.2) is 11.1 Å². The van der Waals surface area contributed by atoms with Gasteiger partial charge < -0.3 is 5.11 Å². The summed E-state index contributed by atoms with van der Waals surface area (Å²) in [6.45, 7) is 2.05. The number of aryl methyl sites for hydroxylation is 2. The van der Waals surface area contributed by atoms with E-state index in [-0.39, 0.29) is 0 Å². The van der Waals surface area contributed by atoms with Gasteiger partial charge in [-0.25, -0.2) is 0 Å². The third-order valence-electron chi connectivity index (χ3n) is 4.60. The molecule has 0 spiro atoms. The maximum Gasteiger partial charge on any atom is 0.310 e. The summed E-state index contributed by atoms with van der Waals surface area (Å²) < 4.78 is 0. The Morgan fingerprint density at radius 2 is 1.90 bits per heavy atom. The Labute approximate surface area is 125 Å². The van der Waals surface area contributed by atoms with Crippen molar-refractivity contribution in [1.29, 1.82) is 0 Å². The second-order valence-corrected chi connectivity index (χ2v) is 6.20. The maximum absolute atomic E-state index is 12.0. The topological polar surface area (TPSA) is 37.3 Å². The monoisotopic (exact) mass is 280 g/mol. The van der Waals surface area contributed by atoms with Gasteiger partial charge in [-0.1, -0.05) is 54.1 Å². The van der Waals surface area contributed by atoms with Crippen molar-refractivity contribution < 1.29 is 9.90 Å². The molecule has 0 saturated heterocycles. The Morgan fingerprint density at radius 1 is 1.14 bits per heavy atom. The Morgan fingerprint density at radius 3 is 2.62 bits per heavy atom. The summed E-state index contributed by atoms with van der Waals surface area (Å²) in [6, 6.07) is 16.4. The number of carboxylic acid groups (broad SMARTS) is 1. The normalized spacial score (nSPS) is 20.8. The summed E-state index contributed by atoms with van der Waals surface area (Å²) in [5.74, 6) is -0.668. The first-order valence-corrected chi connectivity index (χ1v) is 7.45. The van der Waals surface area contributed by atoms with E-state index in [9.17, 15) is 9.90 Å². The number of rotatable bonds is 3. The third kappa shape index (κ3) is 2.71. The fourth-order valence-corrected chi connectivity index (χ4v) is 3.42. The highest BCUT2D eigenvalue weighted by Crippen LogP contribution is 2.38. The number of benzene rings is 2. The highest BCUT2D eigenvalue weighted by molar-refractivity contribution is 5.76. The first-order valence-electron chi connectivity index (χ1n) is 7.45. The Kier molecular flexibility index (Phi) is 3.54. The van der Waals surface area contributed by atoms with Crippen molar-refractivity contribution in [2.45, 2.75) is 32.6 Å². The van der Waals surface area contributed by atoms with Crippen LogP contribution in [0.5, 0.6) is 0 Å². The zero-order chi connectivity index (χ0) is 14.9. The molecule has 0 heterocycles. The van der Waals surface area contributed by atoms with Gasteiger partial charge in [0.25, 0.3) is 0 Å². The van der Waals surface area contributed by atoms with Gasteiger partial charge in [-0.05, 0) is 49.3 Å². The van der Waals surface area contributed by atoms with Crippen LogP contribution in [0, 0.1) is 12.3 Å². The molecular formula is C19H20O2. The van der Waals surface area contributed by atoms with E-state index in [0.717, 1.165) is 12.0 Å². The van der Waals surface area contributed by atoms with Gasteiger partial charge in [0.2, 0.25) is 0 Å². The maximum atomic E-state index is 12.0. The van der Waals surface area contributed by atoms with Crippen molar-refractivity contribution in [3.63, 3.8) is 0 Å². The molecular weight excluding hydrogens is 260 g/mol. The first-order chi connectivity index (χ1) is 10.1. The van der Waals surface area contributed by atoms with E-state index in [2.05, 4.69) is 18.2 Å². The van der Waals surface area contributed by atoms with E-state index in [1.807, 2.05) is 37.3 Å². The number of hydrogen-bond donors (Lipinski definition) is 1. The SMILES string of the molecule is Cc1cccc(CC2(C(=O)O)CCc3ccccc3C2)c1. The average molecular weight is 280 g/mol. The largest absolute Gasteiger partial charge is 0.481 e. The minimum absolute atomic E-state index is 0.609. The van der Waals surface area contributed by atoms with Crippen LogP contribution in [0.1, 0.15) is 28.7 Å². The number of hydrogen-bond acceptors (Lipinski definition) is 1. The molecule has 0 aromatic heterocycles. The van der Waals surface area contributed by atoms with Gasteiger partial charge in [0.1, 0.15) is 0 Å². The van der Waals surface area contributed by atoms with E-state index in [1.54, 1.807) is 0 Å². The summed E-state index contributed by atoms with van der Waals surface area (Å²) in [5.41, 5.74) is 4.14. The van der Waals surface area contributed by atoms with Crippen molar-refractivity contribution in [3.8, 4) is 0 Å². The zero-order valence-corrected chi connectivity index (χ0v) is 12.3. The lowest BCUT2D eigenvalue weighted by Gasteiger charge is -2.34. The van der Waals surface area contributed by atoms with Gasteiger partial charge in [-0.3, -0.25) is 4.79 Å². The lowest BCUT2D eigenvalue weighted by molar-refractivity contribution is -0.149. The smallest absolute Gasteiger partial charge is 0.310 e. The molecule has 2 nitrogen and oxygen atoms in total. The van der Waals surface area contributed by atoms with Gasteiger partial charge in [-0.2, -0.15) is 0 Å². The van der Waals surface area contributed by atoms with E-state index in [0.29, 0.717) is 19.3 Å². The Bertz CT molecular complexity index is 675. The Balaban J connectivity index is 1.93. The summed E-state index contributed by atoms with van der Waals surface area (Å²) >= 11 is 0. The predicted octanol–water partition coefficient (Wildman–Crippen LogP) is 3.80. The minimum Gasteiger partial charge on any atom is -0.481 e. The molecule has 0 fully saturated rings. The van der Waals surface area contributed by atoms with Crippen molar-refractivity contribution in [2.75, 3.05) is 0 Å². The van der Waals surface area contributed by atoms with Gasteiger partial charge in [-0.15, -0.1) is 0 Å². The van der Waals surface area contributed by atoms with E-state index in [4.69, 9.17) is 0 Å². The first kappa shape index (κ1) is 13.9. The minimum atomic E-state index is -0.668. The fourth-order valence-electron chi connectivity index (χ4n) is 3.42. The molecule has 0 bridgehead atoms. The highest BCUT2D eigenvalue weighted by Gasteiger charge is 2.41. The van der Waals surface area contributed by atoms with Crippen LogP contribution in [0.2, 0.25) is 0 Å². The van der Waals surface area contributed by atoms with E-state index < -0.39 is 11.4 Å². The summed E-state index contributed by atoms with van der Waals surface area (Å²) in [5, 5.41) is 9.84. The molecule has 1 aliphatic rings. The molecule has 21 heavy (non-hydrogen) atoms. The molecule has 0 aliphatic heterocycles.